The molecule has 0 saturated carbocycles. The monoisotopic (exact) mass is 459 g/mol. The van der Waals surface area contributed by atoms with E-state index in [1.807, 2.05) is 0 Å². The number of carbonyl (C=O) groups excluding carboxylic acids is 2. The molecule has 0 radical (unpaired) electrons. The summed E-state index contributed by atoms with van der Waals surface area (Å²) in [7, 11) is -2.30. The second-order valence-electron chi connectivity index (χ2n) is 7.64. The molecule has 8 nitrogen and oxygen atoms in total. The summed E-state index contributed by atoms with van der Waals surface area (Å²) in [6.07, 6.45) is -0.914. The molecule has 2 aromatic rings. The van der Waals surface area contributed by atoms with Gasteiger partial charge in [-0.15, -0.1) is 0 Å². The summed E-state index contributed by atoms with van der Waals surface area (Å²) in [5, 5.41) is 0. The van der Waals surface area contributed by atoms with E-state index in [4.69, 9.17) is 4.74 Å². The molecule has 0 spiro atoms. The zero-order chi connectivity index (χ0) is 23.3. The minimum atomic E-state index is -3.78. The van der Waals surface area contributed by atoms with Crippen molar-refractivity contribution in [1.29, 1.82) is 0 Å². The fourth-order valence-corrected chi connectivity index (χ4v) is 4.71. The minimum absolute atomic E-state index is 0.0540. The van der Waals surface area contributed by atoms with Crippen LogP contribution in [0, 0.1) is 0 Å². The summed E-state index contributed by atoms with van der Waals surface area (Å²) in [6.45, 7) is 7.40. The Labute approximate surface area is 189 Å². The van der Waals surface area contributed by atoms with Crippen molar-refractivity contribution in [1.82, 2.24) is 9.80 Å². The SMILES string of the molecule is CCN1CCN(C(=O)[C@H](C)OC(=O)c2ccc(S(=O)(=O)N(C)c3ccccc3)cc2)CC1. The Balaban J connectivity index is 1.63. The normalized spacial score (nSPS) is 15.8. The molecular weight excluding hydrogens is 430 g/mol. The molecule has 0 aromatic heterocycles. The Kier molecular flexibility index (Phi) is 7.52. The molecule has 1 fully saturated rings. The standard InChI is InChI=1S/C23H29N3O5S/c1-4-25-14-16-26(17-15-25)22(27)18(2)31-23(28)19-10-12-21(13-11-19)32(29,30)24(3)20-8-6-5-7-9-20/h5-13,18H,4,14-17H2,1-3H3/t18-/m0/s1. The van der Waals surface area contributed by atoms with Crippen LogP contribution in [0.15, 0.2) is 59.5 Å². The zero-order valence-electron chi connectivity index (χ0n) is 18.6. The third-order valence-corrected chi connectivity index (χ3v) is 7.43. The largest absolute Gasteiger partial charge is 0.449 e. The molecule has 0 bridgehead atoms. The highest BCUT2D eigenvalue weighted by atomic mass is 32.2. The number of esters is 1. The van der Waals surface area contributed by atoms with Crippen molar-refractivity contribution in [2.75, 3.05) is 44.1 Å². The topological polar surface area (TPSA) is 87.2 Å². The molecule has 1 aliphatic heterocycles. The van der Waals surface area contributed by atoms with E-state index in [2.05, 4.69) is 11.8 Å². The van der Waals surface area contributed by atoms with Crippen molar-refractivity contribution in [2.45, 2.75) is 24.8 Å². The number of para-hydroxylation sites is 1. The van der Waals surface area contributed by atoms with Crippen molar-refractivity contribution in [2.24, 2.45) is 0 Å². The number of hydrogen-bond acceptors (Lipinski definition) is 6. The van der Waals surface area contributed by atoms with Crippen LogP contribution in [0.5, 0.6) is 0 Å². The smallest absolute Gasteiger partial charge is 0.338 e. The summed E-state index contributed by atoms with van der Waals surface area (Å²) < 4.78 is 32.2. The predicted molar refractivity (Wildman–Crippen MR) is 122 cm³/mol. The number of piperazine rings is 1. The number of benzene rings is 2. The molecule has 1 aliphatic rings. The first-order valence-corrected chi connectivity index (χ1v) is 12.0. The number of amides is 1. The van der Waals surface area contributed by atoms with Crippen LogP contribution in [0.1, 0.15) is 24.2 Å². The lowest BCUT2D eigenvalue weighted by Gasteiger charge is -2.35. The molecule has 1 amide bonds. The zero-order valence-corrected chi connectivity index (χ0v) is 19.4. The maximum atomic E-state index is 12.9. The Bertz CT molecular complexity index is 1030. The van der Waals surface area contributed by atoms with E-state index in [1.54, 1.807) is 42.2 Å². The fraction of sp³-hybridized carbons (Fsp3) is 0.391. The van der Waals surface area contributed by atoms with Crippen molar-refractivity contribution in [3.05, 3.63) is 60.2 Å². The Morgan fingerprint density at radius 2 is 1.59 bits per heavy atom. The molecular formula is C23H29N3O5S. The summed E-state index contributed by atoms with van der Waals surface area (Å²) in [5.74, 6) is -0.892. The van der Waals surface area contributed by atoms with Gasteiger partial charge in [-0.1, -0.05) is 25.1 Å². The first-order chi connectivity index (χ1) is 15.2. The van der Waals surface area contributed by atoms with Gasteiger partial charge in [0.1, 0.15) is 0 Å². The number of carbonyl (C=O) groups is 2. The van der Waals surface area contributed by atoms with Gasteiger partial charge in [-0.25, -0.2) is 13.2 Å². The van der Waals surface area contributed by atoms with Crippen LogP contribution >= 0.6 is 0 Å². The van der Waals surface area contributed by atoms with Crippen LogP contribution in [0.25, 0.3) is 0 Å². The van der Waals surface area contributed by atoms with Gasteiger partial charge in [-0.2, -0.15) is 0 Å². The Morgan fingerprint density at radius 3 is 2.16 bits per heavy atom. The summed E-state index contributed by atoms with van der Waals surface area (Å²) >= 11 is 0. The predicted octanol–water partition coefficient (Wildman–Crippen LogP) is 2.22. The molecule has 1 atom stereocenters. The third-order valence-electron chi connectivity index (χ3n) is 5.63. The summed E-state index contributed by atoms with van der Waals surface area (Å²) in [4.78, 5) is 29.1. The Hall–Kier alpha value is -2.91. The summed E-state index contributed by atoms with van der Waals surface area (Å²) in [6, 6.07) is 14.2. The number of hydrogen-bond donors (Lipinski definition) is 0. The lowest BCUT2D eigenvalue weighted by molar-refractivity contribution is -0.141. The van der Waals surface area contributed by atoms with Crippen LogP contribution in [-0.4, -0.2) is 76.0 Å². The highest BCUT2D eigenvalue weighted by molar-refractivity contribution is 7.92. The molecule has 1 saturated heterocycles. The molecule has 2 aromatic carbocycles. The van der Waals surface area contributed by atoms with E-state index in [1.165, 1.54) is 35.6 Å². The van der Waals surface area contributed by atoms with Gasteiger partial charge in [-0.3, -0.25) is 9.10 Å². The van der Waals surface area contributed by atoms with Crippen molar-refractivity contribution in [3.63, 3.8) is 0 Å². The molecule has 32 heavy (non-hydrogen) atoms. The van der Waals surface area contributed by atoms with Gasteiger partial charge in [0, 0.05) is 33.2 Å². The van der Waals surface area contributed by atoms with Gasteiger partial charge in [-0.05, 0) is 49.9 Å². The molecule has 0 N–H and O–H groups in total. The highest BCUT2D eigenvalue weighted by Crippen LogP contribution is 2.22. The van der Waals surface area contributed by atoms with Crippen LogP contribution in [0.2, 0.25) is 0 Å². The molecule has 1 heterocycles. The lowest BCUT2D eigenvalue weighted by atomic mass is 10.2. The quantitative estimate of drug-likeness (QED) is 0.590. The third kappa shape index (κ3) is 5.28. The van der Waals surface area contributed by atoms with Gasteiger partial charge in [0.2, 0.25) is 0 Å². The van der Waals surface area contributed by atoms with Gasteiger partial charge in [0.25, 0.3) is 15.9 Å². The van der Waals surface area contributed by atoms with Gasteiger partial charge in [0.05, 0.1) is 16.1 Å². The van der Waals surface area contributed by atoms with Crippen LogP contribution < -0.4 is 4.31 Å². The van der Waals surface area contributed by atoms with E-state index in [-0.39, 0.29) is 16.4 Å². The number of nitrogens with zero attached hydrogens (tertiary/aromatic N) is 3. The van der Waals surface area contributed by atoms with E-state index in [0.29, 0.717) is 18.8 Å². The number of sulfonamides is 1. The van der Waals surface area contributed by atoms with Crippen molar-refractivity contribution >= 4 is 27.6 Å². The average Bonchev–Trinajstić information content (AvgIpc) is 2.83. The highest BCUT2D eigenvalue weighted by Gasteiger charge is 2.27. The van der Waals surface area contributed by atoms with Crippen molar-refractivity contribution < 1.29 is 22.7 Å². The molecule has 0 unspecified atom stereocenters. The number of anilines is 1. The molecule has 9 heteroatoms. The van der Waals surface area contributed by atoms with Crippen LogP contribution in [0.3, 0.4) is 0 Å². The number of likely N-dealkylation sites (N-methyl/N-ethyl adjacent to an activating group) is 1. The van der Waals surface area contributed by atoms with Gasteiger partial charge in [0.15, 0.2) is 6.10 Å². The maximum absolute atomic E-state index is 12.9. The minimum Gasteiger partial charge on any atom is -0.449 e. The molecule has 3 rings (SSSR count). The number of ether oxygens (including phenoxy) is 1. The van der Waals surface area contributed by atoms with Crippen LogP contribution in [0.4, 0.5) is 5.69 Å². The second-order valence-corrected chi connectivity index (χ2v) is 9.61. The summed E-state index contributed by atoms with van der Waals surface area (Å²) in [5.41, 5.74) is 0.713. The van der Waals surface area contributed by atoms with Crippen LogP contribution in [-0.2, 0) is 19.6 Å². The van der Waals surface area contributed by atoms with E-state index in [0.717, 1.165) is 19.6 Å². The maximum Gasteiger partial charge on any atom is 0.338 e. The van der Waals surface area contributed by atoms with E-state index in [9.17, 15) is 18.0 Å². The second kappa shape index (κ2) is 10.1. The first kappa shape index (κ1) is 23.7. The van der Waals surface area contributed by atoms with E-state index < -0.39 is 22.1 Å². The van der Waals surface area contributed by atoms with Gasteiger partial charge >= 0.3 is 5.97 Å². The fourth-order valence-electron chi connectivity index (χ4n) is 3.52. The molecule has 0 aliphatic carbocycles. The van der Waals surface area contributed by atoms with Crippen molar-refractivity contribution in [3.8, 4) is 0 Å². The average molecular weight is 460 g/mol. The lowest BCUT2D eigenvalue weighted by Crippen LogP contribution is -2.51. The molecule has 172 valence electrons. The first-order valence-electron chi connectivity index (χ1n) is 10.6. The van der Waals surface area contributed by atoms with Gasteiger partial charge < -0.3 is 14.5 Å². The van der Waals surface area contributed by atoms with E-state index >= 15 is 0 Å². The Morgan fingerprint density at radius 1 is 1.00 bits per heavy atom. The number of rotatable bonds is 7.